The van der Waals surface area contributed by atoms with Crippen LogP contribution < -0.4 is 15.5 Å². The minimum absolute atomic E-state index is 0.00271. The van der Waals surface area contributed by atoms with E-state index in [1.807, 2.05) is 0 Å². The van der Waals surface area contributed by atoms with E-state index in [2.05, 4.69) is 10.6 Å². The van der Waals surface area contributed by atoms with Crippen molar-refractivity contribution in [3.8, 4) is 0 Å². The number of amides is 2. The molecule has 0 bridgehead atoms. The summed E-state index contributed by atoms with van der Waals surface area (Å²) in [5.74, 6) is -0.0570. The van der Waals surface area contributed by atoms with Gasteiger partial charge in [-0.1, -0.05) is 51.4 Å². The molecule has 0 aromatic carbocycles. The summed E-state index contributed by atoms with van der Waals surface area (Å²) in [5, 5.41) is 5.82. The second kappa shape index (κ2) is 30.9. The van der Waals surface area contributed by atoms with Gasteiger partial charge in [-0.2, -0.15) is 0 Å². The SMILES string of the molecule is COCCOCC(COCCCNC(=O)CCCC(=O)NCCCCCCCCCCCCOP(C)(=O)[O-])OCCOC. The summed E-state index contributed by atoms with van der Waals surface area (Å²) in [6, 6.07) is 0. The van der Waals surface area contributed by atoms with Gasteiger partial charge in [-0.05, 0) is 25.7 Å². The van der Waals surface area contributed by atoms with Gasteiger partial charge in [0.25, 0.3) is 0 Å². The molecule has 0 aliphatic rings. The van der Waals surface area contributed by atoms with Crippen LogP contribution in [-0.2, 0) is 42.4 Å². The summed E-state index contributed by atoms with van der Waals surface area (Å²) >= 11 is 0. The number of carbonyl (C=O) groups excluding carboxylic acids is 2. The van der Waals surface area contributed by atoms with E-state index in [0.717, 1.165) is 45.2 Å². The summed E-state index contributed by atoms with van der Waals surface area (Å²) in [6.07, 6.45) is 12.6. The zero-order chi connectivity index (χ0) is 31.9. The maximum absolute atomic E-state index is 12.0. The Kier molecular flexibility index (Phi) is 30.1. The zero-order valence-electron chi connectivity index (χ0n) is 27.1. The lowest BCUT2D eigenvalue weighted by Crippen LogP contribution is -2.29. The van der Waals surface area contributed by atoms with Gasteiger partial charge in [-0.25, -0.2) is 0 Å². The normalized spacial score (nSPS) is 13.5. The quantitative estimate of drug-likeness (QED) is 0.0805. The number of nitrogens with one attached hydrogen (secondary N) is 2. The summed E-state index contributed by atoms with van der Waals surface area (Å²) < 4.78 is 42.6. The fourth-order valence-corrected chi connectivity index (χ4v) is 4.56. The first kappa shape index (κ1) is 41.9. The second-order valence-corrected chi connectivity index (χ2v) is 12.5. The molecule has 2 atom stereocenters. The fraction of sp³-hybridized carbons (Fsp3) is 0.933. The molecule has 0 rings (SSSR count). The van der Waals surface area contributed by atoms with Gasteiger partial charge in [0.05, 0.1) is 46.2 Å². The zero-order valence-corrected chi connectivity index (χ0v) is 28.0. The van der Waals surface area contributed by atoms with Crippen LogP contribution in [0.2, 0.25) is 0 Å². The molecule has 0 saturated heterocycles. The van der Waals surface area contributed by atoms with Crippen molar-refractivity contribution in [1.82, 2.24) is 10.6 Å². The fourth-order valence-electron chi connectivity index (χ4n) is 4.10. The minimum Gasteiger partial charge on any atom is -0.779 e. The van der Waals surface area contributed by atoms with Gasteiger partial charge < -0.3 is 48.3 Å². The molecule has 0 fully saturated rings. The lowest BCUT2D eigenvalue weighted by molar-refractivity contribution is -0.196. The minimum atomic E-state index is -3.58. The van der Waals surface area contributed by atoms with E-state index in [4.69, 9.17) is 28.2 Å². The van der Waals surface area contributed by atoms with E-state index in [1.54, 1.807) is 14.2 Å². The van der Waals surface area contributed by atoms with Gasteiger partial charge in [0.2, 0.25) is 11.8 Å². The Bertz CT molecular complexity index is 696. The third-order valence-electron chi connectivity index (χ3n) is 6.49. The van der Waals surface area contributed by atoms with Crippen LogP contribution in [0.25, 0.3) is 0 Å². The van der Waals surface area contributed by atoms with Crippen molar-refractivity contribution in [2.24, 2.45) is 0 Å². The van der Waals surface area contributed by atoms with E-state index < -0.39 is 7.60 Å². The molecule has 2 amide bonds. The van der Waals surface area contributed by atoms with Crippen LogP contribution in [0.1, 0.15) is 89.9 Å². The van der Waals surface area contributed by atoms with E-state index in [9.17, 15) is 19.0 Å². The number of hydrogen-bond donors (Lipinski definition) is 2. The topological polar surface area (TPSA) is 154 Å². The van der Waals surface area contributed by atoms with Crippen molar-refractivity contribution in [1.29, 1.82) is 0 Å². The second-order valence-electron chi connectivity index (χ2n) is 10.7. The number of hydrogen-bond acceptors (Lipinski definition) is 10. The Morgan fingerprint density at radius 3 is 1.67 bits per heavy atom. The molecule has 0 aliphatic heterocycles. The maximum atomic E-state index is 12.0. The number of ether oxygens (including phenoxy) is 5. The highest BCUT2D eigenvalue weighted by molar-refractivity contribution is 7.50. The molecule has 0 heterocycles. The first-order chi connectivity index (χ1) is 20.8. The summed E-state index contributed by atoms with van der Waals surface area (Å²) in [6.45, 7) is 5.90. The predicted molar refractivity (Wildman–Crippen MR) is 165 cm³/mol. The van der Waals surface area contributed by atoms with E-state index in [1.165, 1.54) is 25.7 Å². The number of unbranched alkanes of at least 4 members (excludes halogenated alkanes) is 9. The van der Waals surface area contributed by atoms with Crippen LogP contribution in [0.3, 0.4) is 0 Å². The van der Waals surface area contributed by atoms with Gasteiger partial charge in [-0.3, -0.25) is 9.59 Å². The monoisotopic (exact) mass is 639 g/mol. The van der Waals surface area contributed by atoms with Crippen LogP contribution in [0.15, 0.2) is 0 Å². The van der Waals surface area contributed by atoms with Gasteiger partial charge >= 0.3 is 0 Å². The average molecular weight is 640 g/mol. The first-order valence-electron chi connectivity index (χ1n) is 16.0. The van der Waals surface area contributed by atoms with Crippen LogP contribution in [0.5, 0.6) is 0 Å². The molecule has 2 unspecified atom stereocenters. The molecule has 13 heteroatoms. The van der Waals surface area contributed by atoms with Crippen molar-refractivity contribution in [3.05, 3.63) is 0 Å². The van der Waals surface area contributed by atoms with Crippen LogP contribution in [-0.4, -0.2) is 105 Å². The maximum Gasteiger partial charge on any atom is 0.220 e. The molecule has 256 valence electrons. The molecule has 2 N–H and O–H groups in total. The van der Waals surface area contributed by atoms with Gasteiger partial charge in [0.1, 0.15) is 13.7 Å². The molecule has 0 saturated carbocycles. The molecule has 0 aliphatic carbocycles. The van der Waals surface area contributed by atoms with Gasteiger partial charge in [-0.15, -0.1) is 0 Å². The highest BCUT2D eigenvalue weighted by Crippen LogP contribution is 2.31. The molecular weight excluding hydrogens is 579 g/mol. The van der Waals surface area contributed by atoms with Crippen molar-refractivity contribution in [2.45, 2.75) is 96.0 Å². The molecule has 0 aromatic heterocycles. The summed E-state index contributed by atoms with van der Waals surface area (Å²) in [7, 11) is -0.329. The first-order valence-corrected chi connectivity index (χ1v) is 18.0. The van der Waals surface area contributed by atoms with Crippen LogP contribution in [0, 0.1) is 0 Å². The smallest absolute Gasteiger partial charge is 0.220 e. The molecule has 0 aromatic rings. The Balaban J connectivity index is 3.55. The number of carbonyl (C=O) groups is 2. The average Bonchev–Trinajstić information content (AvgIpc) is 2.96. The third-order valence-corrected chi connectivity index (χ3v) is 7.15. The summed E-state index contributed by atoms with van der Waals surface area (Å²) in [5.41, 5.74) is 0. The van der Waals surface area contributed by atoms with Gasteiger partial charge in [0.15, 0.2) is 0 Å². The lowest BCUT2D eigenvalue weighted by Gasteiger charge is -2.18. The Hall–Kier alpha value is -1.11. The third kappa shape index (κ3) is 33.6. The molecule has 12 nitrogen and oxygen atoms in total. The Morgan fingerprint density at radius 1 is 0.628 bits per heavy atom. The van der Waals surface area contributed by atoms with Gasteiger partial charge in [0, 0.05) is 53.4 Å². The van der Waals surface area contributed by atoms with Crippen LogP contribution >= 0.6 is 7.60 Å². The van der Waals surface area contributed by atoms with Crippen molar-refractivity contribution in [3.63, 3.8) is 0 Å². The Labute approximate surface area is 260 Å². The van der Waals surface area contributed by atoms with Crippen molar-refractivity contribution in [2.75, 3.05) is 86.8 Å². The highest BCUT2D eigenvalue weighted by Gasteiger charge is 2.10. The van der Waals surface area contributed by atoms with E-state index in [0.29, 0.717) is 91.6 Å². The number of rotatable bonds is 33. The van der Waals surface area contributed by atoms with E-state index >= 15 is 0 Å². The molecular formula is C30H60N2O10P-. The largest absolute Gasteiger partial charge is 0.779 e. The van der Waals surface area contributed by atoms with Crippen molar-refractivity contribution < 1.29 is 47.3 Å². The van der Waals surface area contributed by atoms with Crippen LogP contribution in [0.4, 0.5) is 0 Å². The Morgan fingerprint density at radius 2 is 1.12 bits per heavy atom. The number of methoxy groups -OCH3 is 2. The molecule has 0 spiro atoms. The molecule has 0 radical (unpaired) electrons. The van der Waals surface area contributed by atoms with Crippen molar-refractivity contribution >= 4 is 19.4 Å². The highest BCUT2D eigenvalue weighted by atomic mass is 31.2. The lowest BCUT2D eigenvalue weighted by atomic mass is 10.1. The predicted octanol–water partition coefficient (Wildman–Crippen LogP) is 3.59. The van der Waals surface area contributed by atoms with E-state index in [-0.39, 0.29) is 17.9 Å². The summed E-state index contributed by atoms with van der Waals surface area (Å²) in [4.78, 5) is 35.0. The standard InChI is InChI=1S/C30H61N2O10P/c1-37-22-24-40-27-28(41-25-23-38-2)26-39-20-15-19-32-30(34)17-14-16-29(33)31-18-12-10-8-6-4-5-7-9-11-13-21-42-43(3,35)36/h28H,4-27H2,1-3H3,(H,31,33)(H,32,34)(H,35,36)/p-1. The molecule has 43 heavy (non-hydrogen) atoms.